The van der Waals surface area contributed by atoms with Gasteiger partial charge in [0, 0.05) is 44.9 Å². The molecule has 3 heterocycles. The van der Waals surface area contributed by atoms with E-state index in [-0.39, 0.29) is 39.2 Å². The van der Waals surface area contributed by atoms with E-state index in [4.69, 9.17) is 4.42 Å². The Bertz CT molecular complexity index is 3790. The molecule has 13 rings (SSSR count). The fourth-order valence-corrected chi connectivity index (χ4v) is 15.3. The van der Waals surface area contributed by atoms with Crippen molar-refractivity contribution in [2.24, 2.45) is 0 Å². The molecule has 0 radical (unpaired) electrons. The van der Waals surface area contributed by atoms with E-state index in [9.17, 15) is 0 Å². The largest absolute Gasteiger partial charge is 0.456 e. The predicted octanol–water partition coefficient (Wildman–Crippen LogP) is 17.9. The first-order valence-corrected chi connectivity index (χ1v) is 28.5. The Labute approximate surface area is 449 Å². The highest BCUT2D eigenvalue weighted by atomic mass is 16.3. The van der Waals surface area contributed by atoms with Gasteiger partial charge in [0.15, 0.2) is 0 Å². The number of benzene rings is 7. The van der Waals surface area contributed by atoms with Crippen LogP contribution in [0.15, 0.2) is 101 Å². The minimum atomic E-state index is -0.0505. The Morgan fingerprint density at radius 1 is 0.373 bits per heavy atom. The third-order valence-corrected chi connectivity index (χ3v) is 20.4. The molecule has 0 saturated carbocycles. The summed E-state index contributed by atoms with van der Waals surface area (Å²) in [6, 6.07) is 39.5. The molecule has 0 N–H and O–H groups in total. The standard InChI is InChI=1S/C71H79BN2O/c1-40-29-60-65-61(30-40)74(57-37-52-49(32-44(57)5)67(8,9)24-27-70(52,14)15)59-35-47-46-34-50-53(71(16,17)28-25-68(50,10)11)38-62(46)75-63(47)39-55(59)72(65)54-22-21-45(64-41(2)19-18-20-42(64)3)33-58(54)73(60)56-36-51-48(31-43(56)4)66(6,7)23-26-69(51,12)13/h18-22,29-39H,23-28H2,1-17H3. The van der Waals surface area contributed by atoms with Crippen molar-refractivity contribution in [3.05, 3.63) is 158 Å². The molecule has 382 valence electrons. The lowest BCUT2D eigenvalue weighted by Crippen LogP contribution is -2.61. The normalized spacial score (nSPS) is 19.8. The first-order valence-electron chi connectivity index (χ1n) is 28.5. The number of rotatable bonds is 3. The third-order valence-electron chi connectivity index (χ3n) is 20.4. The third kappa shape index (κ3) is 6.98. The van der Waals surface area contributed by atoms with Gasteiger partial charge in [-0.1, -0.05) is 126 Å². The molecule has 0 unspecified atom stereocenters. The summed E-state index contributed by atoms with van der Waals surface area (Å²) < 4.78 is 7.24. The van der Waals surface area contributed by atoms with Crippen molar-refractivity contribution < 1.29 is 4.42 Å². The van der Waals surface area contributed by atoms with E-state index in [1.165, 1.54) is 166 Å². The molecule has 1 aromatic heterocycles. The lowest BCUT2D eigenvalue weighted by Gasteiger charge is -2.47. The average Bonchev–Trinajstić information content (AvgIpc) is 3.74. The highest BCUT2D eigenvalue weighted by Crippen LogP contribution is 2.55. The summed E-state index contributed by atoms with van der Waals surface area (Å²) in [6.45, 7) is 41.1. The molecule has 0 saturated heterocycles. The minimum Gasteiger partial charge on any atom is -0.456 e. The summed E-state index contributed by atoms with van der Waals surface area (Å²) >= 11 is 0. The second-order valence-electron chi connectivity index (χ2n) is 28.4. The van der Waals surface area contributed by atoms with Crippen LogP contribution < -0.4 is 26.2 Å². The molecule has 0 amide bonds. The number of nitrogens with zero attached hydrogens (tertiary/aromatic N) is 2. The molecule has 5 aliphatic rings. The maximum absolute atomic E-state index is 7.24. The first-order chi connectivity index (χ1) is 35.2. The van der Waals surface area contributed by atoms with Crippen molar-refractivity contribution >= 4 is 79.2 Å². The van der Waals surface area contributed by atoms with Crippen molar-refractivity contribution in [3.8, 4) is 11.1 Å². The zero-order valence-electron chi connectivity index (χ0n) is 48.4. The van der Waals surface area contributed by atoms with Gasteiger partial charge in [-0.25, -0.2) is 0 Å². The monoisotopic (exact) mass is 987 g/mol. The van der Waals surface area contributed by atoms with Crippen LogP contribution in [0.5, 0.6) is 0 Å². The quantitative estimate of drug-likeness (QED) is 0.165. The van der Waals surface area contributed by atoms with Crippen LogP contribution in [0.3, 0.4) is 0 Å². The SMILES string of the molecule is Cc1cc2c3c(c1)N(c1cc4c(cc1C)C(C)(C)CCC4(C)C)c1cc4c(cc1B3c1ccc(-c3c(C)cccc3C)cc1N2c1cc2c(cc1C)C(C)(C)CCC2(C)C)oc1cc2c(cc14)C(C)(C)CCC2(C)C. The Morgan fingerprint density at radius 2 is 0.787 bits per heavy atom. The molecule has 0 bridgehead atoms. The number of fused-ring (bicyclic) bond motifs is 10. The Morgan fingerprint density at radius 3 is 1.28 bits per heavy atom. The van der Waals surface area contributed by atoms with E-state index < -0.39 is 0 Å². The lowest BCUT2D eigenvalue weighted by molar-refractivity contribution is 0.332. The van der Waals surface area contributed by atoms with E-state index in [2.05, 4.69) is 225 Å². The average molecular weight is 987 g/mol. The van der Waals surface area contributed by atoms with Crippen LogP contribution in [-0.4, -0.2) is 6.71 Å². The van der Waals surface area contributed by atoms with Crippen LogP contribution in [0.25, 0.3) is 33.1 Å². The zero-order valence-corrected chi connectivity index (χ0v) is 48.4. The summed E-state index contributed by atoms with van der Waals surface area (Å²) in [7, 11) is 0. The van der Waals surface area contributed by atoms with Crippen molar-refractivity contribution in [2.75, 3.05) is 9.80 Å². The van der Waals surface area contributed by atoms with Crippen LogP contribution in [0, 0.1) is 34.6 Å². The van der Waals surface area contributed by atoms with Gasteiger partial charge in [0.05, 0.1) is 0 Å². The van der Waals surface area contributed by atoms with E-state index >= 15 is 0 Å². The summed E-state index contributed by atoms with van der Waals surface area (Å²) in [5.41, 5.74) is 32.0. The number of furan rings is 1. The summed E-state index contributed by atoms with van der Waals surface area (Å²) in [5.74, 6) is 0. The van der Waals surface area contributed by atoms with Gasteiger partial charge in [0.2, 0.25) is 0 Å². The van der Waals surface area contributed by atoms with Gasteiger partial charge < -0.3 is 14.2 Å². The second kappa shape index (κ2) is 15.6. The summed E-state index contributed by atoms with van der Waals surface area (Å²) in [5, 5.41) is 2.42. The lowest BCUT2D eigenvalue weighted by atomic mass is 9.33. The van der Waals surface area contributed by atoms with Gasteiger partial charge >= 0.3 is 0 Å². The number of anilines is 6. The fourth-order valence-electron chi connectivity index (χ4n) is 15.3. The smallest absolute Gasteiger partial charge is 0.252 e. The summed E-state index contributed by atoms with van der Waals surface area (Å²) in [4.78, 5) is 5.40. The van der Waals surface area contributed by atoms with Crippen molar-refractivity contribution in [1.29, 1.82) is 0 Å². The molecule has 3 aliphatic carbocycles. The van der Waals surface area contributed by atoms with Crippen LogP contribution in [-0.2, 0) is 32.5 Å². The topological polar surface area (TPSA) is 19.6 Å². The van der Waals surface area contributed by atoms with Crippen LogP contribution in [0.4, 0.5) is 34.1 Å². The summed E-state index contributed by atoms with van der Waals surface area (Å²) in [6.07, 6.45) is 7.04. The predicted molar refractivity (Wildman–Crippen MR) is 323 cm³/mol. The Hall–Kier alpha value is -6.00. The highest BCUT2D eigenvalue weighted by Gasteiger charge is 2.47. The van der Waals surface area contributed by atoms with E-state index in [0.717, 1.165) is 17.6 Å². The van der Waals surface area contributed by atoms with Gasteiger partial charge in [-0.3, -0.25) is 0 Å². The Kier molecular flexibility index (Phi) is 10.1. The number of hydrogen-bond acceptors (Lipinski definition) is 3. The van der Waals surface area contributed by atoms with E-state index in [0.29, 0.717) is 0 Å². The molecule has 4 heteroatoms. The van der Waals surface area contributed by atoms with Gasteiger partial charge in [-0.15, -0.1) is 0 Å². The van der Waals surface area contributed by atoms with Crippen molar-refractivity contribution in [1.82, 2.24) is 0 Å². The van der Waals surface area contributed by atoms with Gasteiger partial charge in [-0.2, -0.15) is 0 Å². The maximum Gasteiger partial charge on any atom is 0.252 e. The molecule has 0 atom stereocenters. The van der Waals surface area contributed by atoms with Gasteiger partial charge in [0.25, 0.3) is 6.71 Å². The highest BCUT2D eigenvalue weighted by molar-refractivity contribution is 7.00. The maximum atomic E-state index is 7.24. The molecular weight excluding hydrogens is 908 g/mol. The van der Waals surface area contributed by atoms with Crippen molar-refractivity contribution in [2.45, 2.75) is 189 Å². The molecule has 2 aliphatic heterocycles. The zero-order chi connectivity index (χ0) is 53.0. The first kappa shape index (κ1) is 48.6. The number of hydrogen-bond donors (Lipinski definition) is 0. The molecule has 75 heavy (non-hydrogen) atoms. The van der Waals surface area contributed by atoms with Gasteiger partial charge in [0.1, 0.15) is 11.2 Å². The molecule has 0 fully saturated rings. The van der Waals surface area contributed by atoms with Crippen LogP contribution in [0.2, 0.25) is 0 Å². The minimum absolute atomic E-state index is 0.0418. The van der Waals surface area contributed by atoms with Crippen LogP contribution in [0.1, 0.15) is 183 Å². The molecule has 0 spiro atoms. The molecule has 7 aromatic carbocycles. The number of aryl methyl sites for hydroxylation is 5. The second-order valence-corrected chi connectivity index (χ2v) is 28.4. The van der Waals surface area contributed by atoms with Crippen molar-refractivity contribution in [3.63, 3.8) is 0 Å². The molecular formula is C71H79BN2O. The molecule has 3 nitrogen and oxygen atoms in total. The molecule has 8 aromatic rings. The Balaban J connectivity index is 1.15. The van der Waals surface area contributed by atoms with E-state index in [1.54, 1.807) is 0 Å². The fraction of sp³-hybridized carbons (Fsp3) is 0.408. The van der Waals surface area contributed by atoms with Gasteiger partial charge in [-0.05, 0) is 249 Å². The van der Waals surface area contributed by atoms with Crippen LogP contribution >= 0.6 is 0 Å². The van der Waals surface area contributed by atoms with E-state index in [1.807, 2.05) is 0 Å².